The largest absolute Gasteiger partial charge is 0.465 e. The number of anilines is 2. The predicted molar refractivity (Wildman–Crippen MR) is 204 cm³/mol. The summed E-state index contributed by atoms with van der Waals surface area (Å²) >= 11 is 11.8. The average molecular weight is 815 g/mol. The molecule has 2 saturated heterocycles. The normalized spacial score (nSPS) is 13.9. The number of hydroxylamine groups is 1. The summed E-state index contributed by atoms with van der Waals surface area (Å²) in [6.45, 7) is 4.15. The lowest BCUT2D eigenvalue weighted by Gasteiger charge is -2.33. The number of carbonyl (C=O) groups excluding carboxylic acids is 4. The van der Waals surface area contributed by atoms with Crippen molar-refractivity contribution in [2.24, 2.45) is 0 Å². The smallest absolute Gasteiger partial charge is 0.337 e. The Kier molecular flexibility index (Phi) is 15.0. The van der Waals surface area contributed by atoms with E-state index in [-0.39, 0.29) is 40.8 Å². The number of carbonyl (C=O) groups is 4. The number of amides is 5. The third-order valence-corrected chi connectivity index (χ3v) is 9.41. The topological polar surface area (TPSA) is 141 Å². The first kappa shape index (κ1) is 41.8. The number of nitrogens with zero attached hydrogens (tertiary/aromatic N) is 4. The zero-order valence-corrected chi connectivity index (χ0v) is 31.8. The molecule has 13 nitrogen and oxygen atoms in total. The van der Waals surface area contributed by atoms with Gasteiger partial charge in [0, 0.05) is 43.1 Å². The average Bonchev–Trinajstić information content (AvgIpc) is 3.24. The van der Waals surface area contributed by atoms with Crippen LogP contribution in [0, 0.1) is 11.6 Å². The minimum atomic E-state index is -0.627. The van der Waals surface area contributed by atoms with E-state index in [9.17, 15) is 28.0 Å². The van der Waals surface area contributed by atoms with Crippen LogP contribution in [0.4, 0.5) is 29.7 Å². The van der Waals surface area contributed by atoms with Crippen LogP contribution in [0.15, 0.2) is 84.9 Å². The highest BCUT2D eigenvalue weighted by atomic mass is 35.5. The van der Waals surface area contributed by atoms with Crippen LogP contribution in [0.25, 0.3) is 0 Å². The Labute approximate surface area is 331 Å². The lowest BCUT2D eigenvalue weighted by Crippen LogP contribution is -2.48. The first-order valence-corrected chi connectivity index (χ1v) is 18.1. The number of ether oxygens (including phenoxy) is 3. The second kappa shape index (κ2) is 20.0. The van der Waals surface area contributed by atoms with Gasteiger partial charge in [-0.1, -0.05) is 47.5 Å². The van der Waals surface area contributed by atoms with Crippen molar-refractivity contribution in [3.8, 4) is 0 Å². The molecule has 4 aromatic rings. The fourth-order valence-electron chi connectivity index (χ4n) is 5.75. The van der Waals surface area contributed by atoms with Crippen LogP contribution in [-0.4, -0.2) is 98.7 Å². The molecule has 0 aromatic heterocycles. The summed E-state index contributed by atoms with van der Waals surface area (Å²) < 4.78 is 42.5. The Morgan fingerprint density at radius 2 is 1.07 bits per heavy atom. The van der Waals surface area contributed by atoms with Gasteiger partial charge in [-0.2, -0.15) is 0 Å². The number of nitrogens with one attached hydrogen (secondary N) is 1. The SMILES string of the molecule is COC(=O)c1ccc(CN(C(=O)N2CCOCC2)c2ccc(F)c(Cl)c2)cc1.O=C(NO)c1ccc(CN(C(=O)N2CCOCC2)c2ccc(F)c(Cl)c2)cc1. The van der Waals surface area contributed by atoms with Gasteiger partial charge in [-0.25, -0.2) is 28.6 Å². The molecule has 2 fully saturated rings. The third-order valence-electron chi connectivity index (χ3n) is 8.83. The summed E-state index contributed by atoms with van der Waals surface area (Å²) in [7, 11) is 1.32. The van der Waals surface area contributed by atoms with Crippen LogP contribution >= 0.6 is 23.2 Å². The van der Waals surface area contributed by atoms with Gasteiger partial charge in [0.2, 0.25) is 0 Å². The van der Waals surface area contributed by atoms with Crippen molar-refractivity contribution in [3.63, 3.8) is 0 Å². The molecule has 0 saturated carbocycles. The maximum Gasteiger partial charge on any atom is 0.337 e. The molecule has 296 valence electrons. The molecule has 0 radical (unpaired) electrons. The molecule has 4 aromatic carbocycles. The van der Waals surface area contributed by atoms with Gasteiger partial charge in [0.05, 0.1) is 62.2 Å². The van der Waals surface area contributed by atoms with Crippen molar-refractivity contribution in [1.82, 2.24) is 15.3 Å². The molecule has 2 aliphatic rings. The Morgan fingerprint density at radius 1 is 0.679 bits per heavy atom. The highest BCUT2D eigenvalue weighted by Gasteiger charge is 2.27. The van der Waals surface area contributed by atoms with Crippen LogP contribution in [0.2, 0.25) is 10.0 Å². The monoisotopic (exact) mass is 813 g/mol. The van der Waals surface area contributed by atoms with E-state index in [4.69, 9.17) is 42.6 Å². The lowest BCUT2D eigenvalue weighted by atomic mass is 10.1. The van der Waals surface area contributed by atoms with Gasteiger partial charge in [0.1, 0.15) is 11.6 Å². The zero-order chi connectivity index (χ0) is 40.2. The Bertz CT molecular complexity index is 1850. The minimum absolute atomic E-state index is 0.0571. The van der Waals surface area contributed by atoms with Crippen molar-refractivity contribution in [3.05, 3.63) is 129 Å². The van der Waals surface area contributed by atoms with Crippen LogP contribution in [-0.2, 0) is 27.3 Å². The second-order valence-electron chi connectivity index (χ2n) is 12.5. The molecule has 0 spiro atoms. The number of benzene rings is 4. The first-order valence-electron chi connectivity index (χ1n) is 17.4. The van der Waals surface area contributed by atoms with Gasteiger partial charge >= 0.3 is 18.0 Å². The molecule has 0 atom stereocenters. The molecule has 0 aliphatic carbocycles. The molecule has 2 heterocycles. The fourth-order valence-corrected chi connectivity index (χ4v) is 6.10. The van der Waals surface area contributed by atoms with Crippen molar-refractivity contribution >= 4 is 58.5 Å². The molecule has 17 heteroatoms. The molecule has 0 bridgehead atoms. The number of rotatable bonds is 8. The quantitative estimate of drug-likeness (QED) is 0.113. The maximum atomic E-state index is 13.6. The molecular formula is C39H39Cl2F2N5O8. The standard InChI is InChI=1S/C20H20ClFN2O4.C19H19ClFN3O4/c1-27-19(25)15-4-2-14(3-5-15)13-24(16-6-7-18(22)17(21)12-16)20(26)23-8-10-28-11-9-23;20-16-11-15(5-6-17(16)21)24(19(26)23-7-9-28-10-8-23)12-13-1-3-14(4-2-13)18(25)22-27/h2-7,12H,8-11,13H2,1H3;1-6,11,27H,7-10,12H2,(H,22,25). The van der Waals surface area contributed by atoms with Crippen LogP contribution < -0.4 is 15.3 Å². The van der Waals surface area contributed by atoms with Gasteiger partial charge in [-0.15, -0.1) is 0 Å². The van der Waals surface area contributed by atoms with Crippen molar-refractivity contribution < 1.29 is 47.4 Å². The number of methoxy groups -OCH3 is 1. The van der Waals surface area contributed by atoms with Gasteiger partial charge in [-0.05, 0) is 71.8 Å². The second-order valence-corrected chi connectivity index (χ2v) is 13.3. The number of halogens is 4. The van der Waals surface area contributed by atoms with Crippen molar-refractivity contribution in [2.75, 3.05) is 69.5 Å². The Hall–Kier alpha value is -5.32. The van der Waals surface area contributed by atoms with Crippen LogP contribution in [0.3, 0.4) is 0 Å². The highest BCUT2D eigenvalue weighted by molar-refractivity contribution is 6.31. The fraction of sp³-hybridized carbons (Fsp3) is 0.282. The van der Waals surface area contributed by atoms with E-state index in [1.165, 1.54) is 65.4 Å². The number of hydrogen-bond acceptors (Lipinski definition) is 8. The van der Waals surface area contributed by atoms with Crippen molar-refractivity contribution in [1.29, 1.82) is 0 Å². The van der Waals surface area contributed by atoms with E-state index in [0.717, 1.165) is 11.1 Å². The van der Waals surface area contributed by atoms with E-state index in [0.29, 0.717) is 69.5 Å². The summed E-state index contributed by atoms with van der Waals surface area (Å²) in [4.78, 5) is 55.6. The van der Waals surface area contributed by atoms with Crippen LogP contribution in [0.1, 0.15) is 31.8 Å². The van der Waals surface area contributed by atoms with E-state index < -0.39 is 23.5 Å². The molecule has 2 aliphatic heterocycles. The Morgan fingerprint density at radius 3 is 1.43 bits per heavy atom. The van der Waals surface area contributed by atoms with Crippen LogP contribution in [0.5, 0.6) is 0 Å². The summed E-state index contributed by atoms with van der Waals surface area (Å²) in [5, 5.41) is 8.57. The first-order chi connectivity index (χ1) is 27.0. The Balaban J connectivity index is 0.000000214. The molecular weight excluding hydrogens is 775 g/mol. The molecule has 5 amide bonds. The van der Waals surface area contributed by atoms with E-state index >= 15 is 0 Å². The van der Waals surface area contributed by atoms with Gasteiger partial charge in [0.25, 0.3) is 5.91 Å². The molecule has 6 rings (SSSR count). The summed E-state index contributed by atoms with van der Waals surface area (Å²) in [5.41, 5.74) is 4.76. The summed E-state index contributed by atoms with van der Waals surface area (Å²) in [6.07, 6.45) is 0. The minimum Gasteiger partial charge on any atom is -0.465 e. The molecule has 2 N–H and O–H groups in total. The number of esters is 1. The van der Waals surface area contributed by atoms with E-state index in [1.54, 1.807) is 51.7 Å². The summed E-state index contributed by atoms with van der Waals surface area (Å²) in [5.74, 6) is -2.17. The van der Waals surface area contributed by atoms with E-state index in [2.05, 4.69) is 0 Å². The number of hydrogen-bond donors (Lipinski definition) is 2. The van der Waals surface area contributed by atoms with Gasteiger partial charge in [0.15, 0.2) is 0 Å². The maximum absolute atomic E-state index is 13.6. The number of morpholine rings is 2. The molecule has 0 unspecified atom stereocenters. The van der Waals surface area contributed by atoms with Gasteiger partial charge < -0.3 is 24.0 Å². The number of urea groups is 2. The third kappa shape index (κ3) is 10.9. The van der Waals surface area contributed by atoms with Gasteiger partial charge in [-0.3, -0.25) is 19.8 Å². The predicted octanol–water partition coefficient (Wildman–Crippen LogP) is 6.78. The van der Waals surface area contributed by atoms with Crippen molar-refractivity contribution in [2.45, 2.75) is 13.1 Å². The van der Waals surface area contributed by atoms with E-state index in [1.807, 2.05) is 0 Å². The zero-order valence-electron chi connectivity index (χ0n) is 30.3. The lowest BCUT2D eigenvalue weighted by molar-refractivity contribution is 0.0548. The summed E-state index contributed by atoms with van der Waals surface area (Å²) in [6, 6.07) is 21.0. The highest BCUT2D eigenvalue weighted by Crippen LogP contribution is 2.27. The molecule has 56 heavy (non-hydrogen) atoms.